The standard InChI is InChI=1S/C13H12FNO3/c1-8-2-4-10(18-8)7-15-13(17)11-5-3-9(16)6-12(11)14/h2-6,16H,7H2,1H3,(H,15,17). The van der Waals surface area contributed by atoms with Crippen LogP contribution in [0.3, 0.4) is 0 Å². The molecule has 94 valence electrons. The van der Waals surface area contributed by atoms with Crippen LogP contribution in [0.15, 0.2) is 34.7 Å². The second kappa shape index (κ2) is 4.91. The van der Waals surface area contributed by atoms with Crippen molar-refractivity contribution >= 4 is 5.91 Å². The quantitative estimate of drug-likeness (QED) is 0.877. The number of phenols is 1. The van der Waals surface area contributed by atoms with Crippen LogP contribution in [-0.2, 0) is 6.54 Å². The van der Waals surface area contributed by atoms with E-state index in [4.69, 9.17) is 9.52 Å². The molecule has 0 saturated heterocycles. The number of carbonyl (C=O) groups is 1. The molecule has 1 heterocycles. The Kier molecular flexibility index (Phi) is 3.32. The highest BCUT2D eigenvalue weighted by molar-refractivity contribution is 5.94. The molecule has 0 saturated carbocycles. The molecule has 0 radical (unpaired) electrons. The number of hydrogen-bond donors (Lipinski definition) is 2. The number of benzene rings is 1. The first-order chi connectivity index (χ1) is 8.56. The van der Waals surface area contributed by atoms with Gasteiger partial charge in [0.05, 0.1) is 12.1 Å². The van der Waals surface area contributed by atoms with Crippen molar-refractivity contribution < 1.29 is 18.7 Å². The van der Waals surface area contributed by atoms with E-state index >= 15 is 0 Å². The molecular formula is C13H12FNO3. The van der Waals surface area contributed by atoms with E-state index in [9.17, 15) is 9.18 Å². The van der Waals surface area contributed by atoms with Gasteiger partial charge in [-0.05, 0) is 31.2 Å². The van der Waals surface area contributed by atoms with Crippen LogP contribution in [0, 0.1) is 12.7 Å². The smallest absolute Gasteiger partial charge is 0.254 e. The zero-order chi connectivity index (χ0) is 13.1. The summed E-state index contributed by atoms with van der Waals surface area (Å²) < 4.78 is 18.7. The Morgan fingerprint density at radius 2 is 2.17 bits per heavy atom. The van der Waals surface area contributed by atoms with Crippen molar-refractivity contribution in [2.24, 2.45) is 0 Å². The van der Waals surface area contributed by atoms with Gasteiger partial charge in [0.15, 0.2) is 0 Å². The SMILES string of the molecule is Cc1ccc(CNC(=O)c2ccc(O)cc2F)o1. The lowest BCUT2D eigenvalue weighted by Crippen LogP contribution is -2.23. The van der Waals surface area contributed by atoms with Gasteiger partial charge in [0.1, 0.15) is 23.1 Å². The maximum absolute atomic E-state index is 13.4. The number of furan rings is 1. The third kappa shape index (κ3) is 2.68. The molecule has 0 spiro atoms. The summed E-state index contributed by atoms with van der Waals surface area (Å²) in [7, 11) is 0. The van der Waals surface area contributed by atoms with Gasteiger partial charge in [-0.15, -0.1) is 0 Å². The van der Waals surface area contributed by atoms with E-state index in [1.54, 1.807) is 19.1 Å². The number of halogens is 1. The minimum Gasteiger partial charge on any atom is -0.508 e. The first-order valence-electron chi connectivity index (χ1n) is 5.38. The van der Waals surface area contributed by atoms with Gasteiger partial charge in [0.25, 0.3) is 5.91 Å². The van der Waals surface area contributed by atoms with E-state index in [0.717, 1.165) is 11.8 Å². The number of carbonyl (C=O) groups excluding carboxylic acids is 1. The molecule has 1 aromatic carbocycles. The maximum Gasteiger partial charge on any atom is 0.254 e. The lowest BCUT2D eigenvalue weighted by molar-refractivity contribution is 0.0944. The van der Waals surface area contributed by atoms with Crippen molar-refractivity contribution in [3.63, 3.8) is 0 Å². The molecular weight excluding hydrogens is 237 g/mol. The van der Waals surface area contributed by atoms with E-state index in [2.05, 4.69) is 5.32 Å². The largest absolute Gasteiger partial charge is 0.508 e. The zero-order valence-corrected chi connectivity index (χ0v) is 9.74. The van der Waals surface area contributed by atoms with Gasteiger partial charge >= 0.3 is 0 Å². The zero-order valence-electron chi connectivity index (χ0n) is 9.74. The molecule has 1 amide bonds. The van der Waals surface area contributed by atoms with Crippen molar-refractivity contribution in [1.29, 1.82) is 0 Å². The molecule has 0 aliphatic carbocycles. The van der Waals surface area contributed by atoms with Crippen LogP contribution in [0.2, 0.25) is 0 Å². The number of amides is 1. The first kappa shape index (κ1) is 12.2. The average molecular weight is 249 g/mol. The van der Waals surface area contributed by atoms with Gasteiger partial charge in [0.2, 0.25) is 0 Å². The topological polar surface area (TPSA) is 62.5 Å². The molecule has 2 N–H and O–H groups in total. The van der Waals surface area contributed by atoms with Crippen molar-refractivity contribution in [2.75, 3.05) is 0 Å². The summed E-state index contributed by atoms with van der Waals surface area (Å²) in [4.78, 5) is 11.7. The van der Waals surface area contributed by atoms with E-state index in [1.165, 1.54) is 12.1 Å². The van der Waals surface area contributed by atoms with E-state index in [0.29, 0.717) is 5.76 Å². The van der Waals surface area contributed by atoms with Crippen LogP contribution < -0.4 is 5.32 Å². The number of phenolic OH excluding ortho intramolecular Hbond substituents is 1. The van der Waals surface area contributed by atoms with Gasteiger partial charge in [-0.25, -0.2) is 4.39 Å². The van der Waals surface area contributed by atoms with Crippen LogP contribution in [-0.4, -0.2) is 11.0 Å². The van der Waals surface area contributed by atoms with Gasteiger partial charge in [-0.1, -0.05) is 0 Å². The number of aromatic hydroxyl groups is 1. The van der Waals surface area contributed by atoms with E-state index < -0.39 is 11.7 Å². The summed E-state index contributed by atoms with van der Waals surface area (Å²) in [5.74, 6) is -0.189. The van der Waals surface area contributed by atoms with Crippen molar-refractivity contribution in [3.8, 4) is 5.75 Å². The Morgan fingerprint density at radius 3 is 2.78 bits per heavy atom. The fourth-order valence-electron chi connectivity index (χ4n) is 1.53. The number of aryl methyl sites for hydroxylation is 1. The summed E-state index contributed by atoms with van der Waals surface area (Å²) in [5.41, 5.74) is -0.115. The Bertz CT molecular complexity index is 577. The molecule has 0 aliphatic heterocycles. The van der Waals surface area contributed by atoms with Gasteiger partial charge < -0.3 is 14.8 Å². The number of hydrogen-bond acceptors (Lipinski definition) is 3. The molecule has 5 heteroatoms. The minimum atomic E-state index is -0.761. The molecule has 0 bridgehead atoms. The van der Waals surface area contributed by atoms with Crippen molar-refractivity contribution in [1.82, 2.24) is 5.32 Å². The van der Waals surface area contributed by atoms with Crippen LogP contribution in [0.25, 0.3) is 0 Å². The highest BCUT2D eigenvalue weighted by atomic mass is 19.1. The van der Waals surface area contributed by atoms with Gasteiger partial charge in [-0.2, -0.15) is 0 Å². The maximum atomic E-state index is 13.4. The molecule has 0 atom stereocenters. The predicted octanol–water partition coefficient (Wildman–Crippen LogP) is 2.36. The van der Waals surface area contributed by atoms with Crippen molar-refractivity contribution in [3.05, 3.63) is 53.2 Å². The van der Waals surface area contributed by atoms with Crippen LogP contribution >= 0.6 is 0 Å². The Morgan fingerprint density at radius 1 is 1.39 bits per heavy atom. The van der Waals surface area contributed by atoms with E-state index in [1.807, 2.05) is 0 Å². The number of nitrogens with one attached hydrogen (secondary N) is 1. The summed E-state index contributed by atoms with van der Waals surface area (Å²) in [6.45, 7) is 1.98. The second-order valence-electron chi connectivity index (χ2n) is 3.86. The van der Waals surface area contributed by atoms with Crippen LogP contribution in [0.4, 0.5) is 4.39 Å². The summed E-state index contributed by atoms with van der Waals surface area (Å²) in [6.07, 6.45) is 0. The summed E-state index contributed by atoms with van der Waals surface area (Å²) >= 11 is 0. The second-order valence-corrected chi connectivity index (χ2v) is 3.86. The van der Waals surface area contributed by atoms with E-state index in [-0.39, 0.29) is 17.9 Å². The molecule has 0 aliphatic rings. The Labute approximate surface area is 103 Å². The molecule has 1 aromatic heterocycles. The fourth-order valence-corrected chi connectivity index (χ4v) is 1.53. The third-order valence-corrected chi connectivity index (χ3v) is 2.42. The molecule has 4 nitrogen and oxygen atoms in total. The molecule has 2 aromatic rings. The van der Waals surface area contributed by atoms with Gasteiger partial charge in [0, 0.05) is 6.07 Å². The highest BCUT2D eigenvalue weighted by Crippen LogP contribution is 2.15. The lowest BCUT2D eigenvalue weighted by Gasteiger charge is -2.04. The highest BCUT2D eigenvalue weighted by Gasteiger charge is 2.12. The molecule has 2 rings (SSSR count). The Hall–Kier alpha value is -2.30. The Balaban J connectivity index is 2.03. The van der Waals surface area contributed by atoms with Gasteiger partial charge in [-0.3, -0.25) is 4.79 Å². The molecule has 0 fully saturated rings. The monoisotopic (exact) mass is 249 g/mol. The normalized spacial score (nSPS) is 10.3. The number of rotatable bonds is 3. The van der Waals surface area contributed by atoms with Crippen molar-refractivity contribution in [2.45, 2.75) is 13.5 Å². The minimum absolute atomic E-state index is 0.115. The van der Waals surface area contributed by atoms with Crippen LogP contribution in [0.1, 0.15) is 21.9 Å². The predicted molar refractivity (Wildman–Crippen MR) is 62.7 cm³/mol. The molecule has 18 heavy (non-hydrogen) atoms. The van der Waals surface area contributed by atoms with Crippen LogP contribution in [0.5, 0.6) is 5.75 Å². The summed E-state index contributed by atoms with van der Waals surface area (Å²) in [6, 6.07) is 6.90. The lowest BCUT2D eigenvalue weighted by atomic mass is 10.2. The third-order valence-electron chi connectivity index (χ3n) is 2.42. The fraction of sp³-hybridized carbons (Fsp3) is 0.154. The first-order valence-corrected chi connectivity index (χ1v) is 5.38. The molecule has 0 unspecified atom stereocenters. The average Bonchev–Trinajstić information content (AvgIpc) is 2.72. The summed E-state index contributed by atoms with van der Waals surface area (Å²) in [5, 5.41) is 11.6.